The molecule has 0 spiro atoms. The SMILES string of the molecule is C1=C(c2ccc3nc[nH]c3c2)CCN(C2CCCCC2)C1. The van der Waals surface area contributed by atoms with Crippen LogP contribution in [0.15, 0.2) is 30.6 Å². The quantitative estimate of drug-likeness (QED) is 0.902. The van der Waals surface area contributed by atoms with Crippen LogP contribution in [0.2, 0.25) is 0 Å². The van der Waals surface area contributed by atoms with E-state index in [4.69, 9.17) is 0 Å². The van der Waals surface area contributed by atoms with Gasteiger partial charge in [-0.15, -0.1) is 0 Å². The molecule has 21 heavy (non-hydrogen) atoms. The molecule has 2 aliphatic rings. The Morgan fingerprint density at radius 1 is 1.14 bits per heavy atom. The molecule has 0 amide bonds. The van der Waals surface area contributed by atoms with Crippen molar-refractivity contribution < 1.29 is 0 Å². The van der Waals surface area contributed by atoms with Gasteiger partial charge in [0.25, 0.3) is 0 Å². The highest BCUT2D eigenvalue weighted by atomic mass is 15.2. The van der Waals surface area contributed by atoms with Crippen molar-refractivity contribution in [2.75, 3.05) is 13.1 Å². The molecule has 0 unspecified atom stereocenters. The summed E-state index contributed by atoms with van der Waals surface area (Å²) in [6.07, 6.45) is 12.5. The zero-order chi connectivity index (χ0) is 14.1. The predicted octanol–water partition coefficient (Wildman–Crippen LogP) is 3.98. The monoisotopic (exact) mass is 281 g/mol. The molecular weight excluding hydrogens is 258 g/mol. The van der Waals surface area contributed by atoms with Gasteiger partial charge in [0.15, 0.2) is 0 Å². The second-order valence-corrected chi connectivity index (χ2v) is 6.40. The molecule has 110 valence electrons. The van der Waals surface area contributed by atoms with Gasteiger partial charge in [0.1, 0.15) is 0 Å². The van der Waals surface area contributed by atoms with Gasteiger partial charge in [-0.2, -0.15) is 0 Å². The maximum Gasteiger partial charge on any atom is 0.0931 e. The summed E-state index contributed by atoms with van der Waals surface area (Å²) in [5.41, 5.74) is 5.05. The molecule has 0 bridgehead atoms. The van der Waals surface area contributed by atoms with E-state index in [1.54, 1.807) is 6.33 Å². The Morgan fingerprint density at radius 3 is 2.86 bits per heavy atom. The van der Waals surface area contributed by atoms with Crippen molar-refractivity contribution in [3.05, 3.63) is 36.2 Å². The van der Waals surface area contributed by atoms with E-state index in [9.17, 15) is 0 Å². The van der Waals surface area contributed by atoms with E-state index < -0.39 is 0 Å². The first kappa shape index (κ1) is 13.1. The van der Waals surface area contributed by atoms with Crippen molar-refractivity contribution in [2.45, 2.75) is 44.6 Å². The smallest absolute Gasteiger partial charge is 0.0931 e. The highest BCUT2D eigenvalue weighted by molar-refractivity contribution is 5.80. The Labute approximate surface area is 126 Å². The van der Waals surface area contributed by atoms with Crippen LogP contribution in [-0.4, -0.2) is 34.0 Å². The van der Waals surface area contributed by atoms with Crippen LogP contribution in [0.5, 0.6) is 0 Å². The molecule has 0 radical (unpaired) electrons. The molecule has 1 aromatic heterocycles. The molecule has 3 nitrogen and oxygen atoms in total. The number of nitrogens with zero attached hydrogens (tertiary/aromatic N) is 2. The molecule has 1 saturated carbocycles. The number of fused-ring (bicyclic) bond motifs is 1. The zero-order valence-corrected chi connectivity index (χ0v) is 12.5. The number of nitrogens with one attached hydrogen (secondary N) is 1. The summed E-state index contributed by atoms with van der Waals surface area (Å²) in [6, 6.07) is 7.41. The maximum absolute atomic E-state index is 4.29. The van der Waals surface area contributed by atoms with E-state index in [2.05, 4.69) is 39.1 Å². The summed E-state index contributed by atoms with van der Waals surface area (Å²) in [6.45, 7) is 2.35. The normalized spacial score (nSPS) is 21.6. The second kappa shape index (κ2) is 5.64. The molecule has 2 aromatic rings. The van der Waals surface area contributed by atoms with Gasteiger partial charge in [-0.3, -0.25) is 4.90 Å². The number of H-pyrrole nitrogens is 1. The van der Waals surface area contributed by atoms with Crippen LogP contribution in [0.25, 0.3) is 16.6 Å². The first-order valence-electron chi connectivity index (χ1n) is 8.27. The number of rotatable bonds is 2. The van der Waals surface area contributed by atoms with Gasteiger partial charge >= 0.3 is 0 Å². The lowest BCUT2D eigenvalue weighted by Gasteiger charge is -2.36. The number of benzene rings is 1. The third-order valence-electron chi connectivity index (χ3n) is 5.12. The largest absolute Gasteiger partial charge is 0.345 e. The van der Waals surface area contributed by atoms with Crippen molar-refractivity contribution in [1.82, 2.24) is 14.9 Å². The lowest BCUT2D eigenvalue weighted by atomic mass is 9.92. The second-order valence-electron chi connectivity index (χ2n) is 6.40. The number of aromatic amines is 1. The minimum atomic E-state index is 0.839. The molecule has 4 rings (SSSR count). The Kier molecular flexibility index (Phi) is 3.52. The third-order valence-corrected chi connectivity index (χ3v) is 5.12. The topological polar surface area (TPSA) is 31.9 Å². The van der Waals surface area contributed by atoms with Gasteiger partial charge in [0.2, 0.25) is 0 Å². The van der Waals surface area contributed by atoms with Crippen LogP contribution < -0.4 is 0 Å². The Balaban J connectivity index is 1.50. The molecule has 2 heterocycles. The van der Waals surface area contributed by atoms with Crippen molar-refractivity contribution in [2.24, 2.45) is 0 Å². The Morgan fingerprint density at radius 2 is 2.05 bits per heavy atom. The molecule has 0 saturated heterocycles. The van der Waals surface area contributed by atoms with Crippen LogP contribution in [0, 0.1) is 0 Å². The highest BCUT2D eigenvalue weighted by Gasteiger charge is 2.22. The number of hydrogen-bond acceptors (Lipinski definition) is 2. The number of hydrogen-bond donors (Lipinski definition) is 1. The molecule has 1 aromatic carbocycles. The molecule has 1 fully saturated rings. The minimum Gasteiger partial charge on any atom is -0.345 e. The Hall–Kier alpha value is -1.61. The fourth-order valence-electron chi connectivity index (χ4n) is 3.86. The molecule has 1 aliphatic heterocycles. The van der Waals surface area contributed by atoms with Gasteiger partial charge in [0.05, 0.1) is 17.4 Å². The average molecular weight is 281 g/mol. The van der Waals surface area contributed by atoms with E-state index in [-0.39, 0.29) is 0 Å². The first-order valence-corrected chi connectivity index (χ1v) is 8.27. The van der Waals surface area contributed by atoms with E-state index >= 15 is 0 Å². The van der Waals surface area contributed by atoms with Crippen LogP contribution in [0.3, 0.4) is 0 Å². The van der Waals surface area contributed by atoms with Gasteiger partial charge in [-0.1, -0.05) is 31.4 Å². The van der Waals surface area contributed by atoms with Crippen molar-refractivity contribution in [3.8, 4) is 0 Å². The summed E-state index contributed by atoms with van der Waals surface area (Å²) >= 11 is 0. The molecule has 1 aliphatic carbocycles. The van der Waals surface area contributed by atoms with Crippen molar-refractivity contribution in [3.63, 3.8) is 0 Å². The Bertz CT molecular complexity index is 649. The average Bonchev–Trinajstić information content (AvgIpc) is 3.03. The van der Waals surface area contributed by atoms with Gasteiger partial charge in [0, 0.05) is 19.1 Å². The minimum absolute atomic E-state index is 0.839. The van der Waals surface area contributed by atoms with E-state index in [0.717, 1.165) is 23.6 Å². The third kappa shape index (κ3) is 2.62. The van der Waals surface area contributed by atoms with Crippen LogP contribution in [0.4, 0.5) is 0 Å². The predicted molar refractivity (Wildman–Crippen MR) is 87.1 cm³/mol. The summed E-state index contributed by atoms with van der Waals surface area (Å²) < 4.78 is 0. The standard InChI is InChI=1S/C18H23N3/c1-2-4-16(5-3-1)21-10-8-14(9-11-21)15-6-7-17-18(12-15)20-13-19-17/h6-8,12-13,16H,1-5,9-11H2,(H,19,20). The fraction of sp³-hybridized carbons (Fsp3) is 0.500. The molecule has 3 heteroatoms. The maximum atomic E-state index is 4.29. The molecule has 1 N–H and O–H groups in total. The van der Waals surface area contributed by atoms with E-state index in [1.165, 1.54) is 56.2 Å². The summed E-state index contributed by atoms with van der Waals surface area (Å²) in [7, 11) is 0. The molecule has 0 atom stereocenters. The van der Waals surface area contributed by atoms with Gasteiger partial charge < -0.3 is 4.98 Å². The van der Waals surface area contributed by atoms with Crippen LogP contribution >= 0.6 is 0 Å². The van der Waals surface area contributed by atoms with Crippen LogP contribution in [-0.2, 0) is 0 Å². The lowest BCUT2D eigenvalue weighted by molar-refractivity contribution is 0.171. The number of imidazole rings is 1. The highest BCUT2D eigenvalue weighted by Crippen LogP contribution is 2.29. The lowest BCUT2D eigenvalue weighted by Crippen LogP contribution is -2.39. The van der Waals surface area contributed by atoms with Crippen molar-refractivity contribution in [1.29, 1.82) is 0 Å². The van der Waals surface area contributed by atoms with Gasteiger partial charge in [-0.05, 0) is 42.5 Å². The van der Waals surface area contributed by atoms with Gasteiger partial charge in [-0.25, -0.2) is 4.98 Å². The fourth-order valence-corrected chi connectivity index (χ4v) is 3.86. The summed E-state index contributed by atoms with van der Waals surface area (Å²) in [5, 5.41) is 0. The van der Waals surface area contributed by atoms with E-state index in [1.807, 2.05) is 0 Å². The molecular formula is C18H23N3. The number of aromatic nitrogens is 2. The summed E-state index contributed by atoms with van der Waals surface area (Å²) in [5.74, 6) is 0. The zero-order valence-electron chi connectivity index (χ0n) is 12.5. The van der Waals surface area contributed by atoms with Crippen molar-refractivity contribution >= 4 is 16.6 Å². The first-order chi connectivity index (χ1) is 10.4. The summed E-state index contributed by atoms with van der Waals surface area (Å²) in [4.78, 5) is 10.2. The van der Waals surface area contributed by atoms with Crippen LogP contribution in [0.1, 0.15) is 44.1 Å². The van der Waals surface area contributed by atoms with E-state index in [0.29, 0.717) is 0 Å².